The fourth-order valence-electron chi connectivity index (χ4n) is 3.38. The van der Waals surface area contributed by atoms with Crippen LogP contribution in [-0.2, 0) is 11.3 Å². The molecule has 4 rings (SSSR count). The quantitative estimate of drug-likeness (QED) is 0.364. The van der Waals surface area contributed by atoms with Crippen LogP contribution in [0.4, 0.5) is 0 Å². The van der Waals surface area contributed by atoms with Crippen LogP contribution in [0.3, 0.4) is 0 Å². The second-order valence-electron chi connectivity index (χ2n) is 7.54. The maximum atomic E-state index is 12.9. The average Bonchev–Trinajstić information content (AvgIpc) is 3.28. The lowest BCUT2D eigenvalue weighted by atomic mass is 10.1. The third kappa shape index (κ3) is 5.23. The van der Waals surface area contributed by atoms with Crippen molar-refractivity contribution in [2.24, 2.45) is 0 Å². The molecule has 0 spiro atoms. The lowest BCUT2D eigenvalue weighted by molar-refractivity contribution is -0.127. The van der Waals surface area contributed by atoms with Crippen molar-refractivity contribution in [1.82, 2.24) is 24.6 Å². The number of aromatic nitrogens is 4. The monoisotopic (exact) mass is 459 g/mol. The molecular formula is C25H25N5O2S. The summed E-state index contributed by atoms with van der Waals surface area (Å²) >= 11 is 1.37. The molecule has 4 aromatic rings. The number of methoxy groups -OCH3 is 1. The van der Waals surface area contributed by atoms with Gasteiger partial charge in [0.15, 0.2) is 11.0 Å². The molecule has 2 aromatic carbocycles. The Morgan fingerprint density at radius 3 is 2.45 bits per heavy atom. The number of aryl methyl sites for hydroxylation is 1. The van der Waals surface area contributed by atoms with E-state index in [1.807, 2.05) is 66.2 Å². The summed E-state index contributed by atoms with van der Waals surface area (Å²) in [6, 6.07) is 19.6. The molecule has 0 radical (unpaired) electrons. The van der Waals surface area contributed by atoms with Crippen LogP contribution >= 0.6 is 11.8 Å². The highest BCUT2D eigenvalue weighted by Crippen LogP contribution is 2.29. The van der Waals surface area contributed by atoms with Gasteiger partial charge in [0.05, 0.1) is 12.9 Å². The zero-order valence-corrected chi connectivity index (χ0v) is 19.6. The predicted octanol–water partition coefficient (Wildman–Crippen LogP) is 4.40. The number of nitrogens with zero attached hydrogens (tertiary/aromatic N) is 5. The number of hydrogen-bond donors (Lipinski definition) is 0. The van der Waals surface area contributed by atoms with Gasteiger partial charge in [-0.1, -0.05) is 36.0 Å². The number of rotatable bonds is 8. The van der Waals surface area contributed by atoms with Crippen molar-refractivity contribution in [1.29, 1.82) is 0 Å². The molecule has 0 unspecified atom stereocenters. The fraction of sp³-hybridized carbons (Fsp3) is 0.200. The number of thioether (sulfide) groups is 1. The smallest absolute Gasteiger partial charge is 0.233 e. The molecule has 0 fully saturated rings. The molecule has 33 heavy (non-hydrogen) atoms. The summed E-state index contributed by atoms with van der Waals surface area (Å²) in [7, 11) is 3.46. The summed E-state index contributed by atoms with van der Waals surface area (Å²) in [6.07, 6.45) is 3.44. The Kier molecular flexibility index (Phi) is 7.04. The number of ether oxygens (including phenoxy) is 1. The van der Waals surface area contributed by atoms with E-state index in [9.17, 15) is 4.79 Å². The predicted molar refractivity (Wildman–Crippen MR) is 130 cm³/mol. The minimum atomic E-state index is 0.0259. The van der Waals surface area contributed by atoms with Crippen molar-refractivity contribution in [3.05, 3.63) is 84.2 Å². The SMILES string of the molecule is COc1ccc(-n2c(SCC(=O)N(C)Cc3ccccc3C)nnc2-c2ccncc2)cc1. The first-order chi connectivity index (χ1) is 16.1. The van der Waals surface area contributed by atoms with Crippen molar-refractivity contribution in [2.45, 2.75) is 18.6 Å². The Morgan fingerprint density at radius 1 is 1.03 bits per heavy atom. The molecule has 7 nitrogen and oxygen atoms in total. The molecule has 168 valence electrons. The highest BCUT2D eigenvalue weighted by Gasteiger charge is 2.19. The second-order valence-corrected chi connectivity index (χ2v) is 8.48. The molecule has 0 aliphatic rings. The highest BCUT2D eigenvalue weighted by atomic mass is 32.2. The van der Waals surface area contributed by atoms with Gasteiger partial charge in [0, 0.05) is 37.2 Å². The topological polar surface area (TPSA) is 73.1 Å². The van der Waals surface area contributed by atoms with Crippen molar-refractivity contribution in [3.8, 4) is 22.8 Å². The Labute approximate surface area is 197 Å². The Bertz CT molecular complexity index is 1230. The molecule has 0 N–H and O–H groups in total. The van der Waals surface area contributed by atoms with Crippen LogP contribution in [0.15, 0.2) is 78.2 Å². The van der Waals surface area contributed by atoms with Gasteiger partial charge in [0.1, 0.15) is 5.75 Å². The van der Waals surface area contributed by atoms with Gasteiger partial charge in [-0.3, -0.25) is 14.3 Å². The summed E-state index contributed by atoms with van der Waals surface area (Å²) in [4.78, 5) is 18.7. The normalized spacial score (nSPS) is 10.8. The molecule has 2 aromatic heterocycles. The van der Waals surface area contributed by atoms with Gasteiger partial charge in [-0.2, -0.15) is 0 Å². The Balaban J connectivity index is 1.56. The highest BCUT2D eigenvalue weighted by molar-refractivity contribution is 7.99. The molecule has 1 amide bonds. The van der Waals surface area contributed by atoms with E-state index >= 15 is 0 Å². The van der Waals surface area contributed by atoms with Crippen LogP contribution < -0.4 is 4.74 Å². The second kappa shape index (κ2) is 10.3. The third-order valence-electron chi connectivity index (χ3n) is 5.32. The standard InChI is InChI=1S/C25H25N5O2S/c1-18-6-4-5-7-20(18)16-29(2)23(31)17-33-25-28-27-24(19-12-14-26-15-13-19)30(25)21-8-10-22(32-3)11-9-21/h4-15H,16-17H2,1-3H3. The number of pyridine rings is 1. The van der Waals surface area contributed by atoms with E-state index in [1.54, 1.807) is 24.4 Å². The van der Waals surface area contributed by atoms with Crippen LogP contribution in [0.1, 0.15) is 11.1 Å². The number of carbonyl (C=O) groups is 1. The lowest BCUT2D eigenvalue weighted by Crippen LogP contribution is -2.28. The maximum absolute atomic E-state index is 12.9. The molecule has 0 saturated heterocycles. The first-order valence-corrected chi connectivity index (χ1v) is 11.5. The molecular weight excluding hydrogens is 434 g/mol. The van der Waals surface area contributed by atoms with Crippen molar-refractivity contribution >= 4 is 17.7 Å². The number of benzene rings is 2. The van der Waals surface area contributed by atoms with Crippen molar-refractivity contribution in [2.75, 3.05) is 19.9 Å². The molecule has 8 heteroatoms. The van der Waals surface area contributed by atoms with Crippen molar-refractivity contribution in [3.63, 3.8) is 0 Å². The number of carbonyl (C=O) groups excluding carboxylic acids is 1. The lowest BCUT2D eigenvalue weighted by Gasteiger charge is -2.18. The zero-order chi connectivity index (χ0) is 23.2. The van der Waals surface area contributed by atoms with Crippen LogP contribution in [-0.4, -0.2) is 50.5 Å². The van der Waals surface area contributed by atoms with Gasteiger partial charge in [-0.25, -0.2) is 0 Å². The minimum Gasteiger partial charge on any atom is -0.497 e. The van der Waals surface area contributed by atoms with Gasteiger partial charge in [0.2, 0.25) is 5.91 Å². The third-order valence-corrected chi connectivity index (χ3v) is 6.24. The van der Waals surface area contributed by atoms with E-state index in [-0.39, 0.29) is 11.7 Å². The summed E-state index contributed by atoms with van der Waals surface area (Å²) in [5, 5.41) is 9.45. The van der Waals surface area contributed by atoms with Crippen molar-refractivity contribution < 1.29 is 9.53 Å². The summed E-state index contributed by atoms with van der Waals surface area (Å²) in [5.74, 6) is 1.73. The van der Waals surface area contributed by atoms with Gasteiger partial charge in [0.25, 0.3) is 0 Å². The summed E-state index contributed by atoms with van der Waals surface area (Å²) in [5.41, 5.74) is 4.09. The molecule has 0 bridgehead atoms. The van der Waals surface area contributed by atoms with Crippen LogP contribution in [0.2, 0.25) is 0 Å². The number of amides is 1. The van der Waals surface area contributed by atoms with E-state index in [2.05, 4.69) is 28.2 Å². The van der Waals surface area contributed by atoms with E-state index in [4.69, 9.17) is 4.74 Å². The molecule has 0 saturated carbocycles. The zero-order valence-electron chi connectivity index (χ0n) is 18.8. The molecule has 0 atom stereocenters. The van der Waals surface area contributed by atoms with Gasteiger partial charge in [-0.05, 0) is 54.4 Å². The van der Waals surface area contributed by atoms with Crippen LogP contribution in [0.5, 0.6) is 5.75 Å². The fourth-order valence-corrected chi connectivity index (χ4v) is 4.28. The van der Waals surface area contributed by atoms with E-state index in [0.29, 0.717) is 17.5 Å². The van der Waals surface area contributed by atoms with E-state index in [0.717, 1.165) is 22.6 Å². The largest absolute Gasteiger partial charge is 0.497 e. The molecule has 0 aliphatic heterocycles. The van der Waals surface area contributed by atoms with Gasteiger partial charge < -0.3 is 9.64 Å². The van der Waals surface area contributed by atoms with Gasteiger partial charge in [-0.15, -0.1) is 10.2 Å². The van der Waals surface area contributed by atoms with Gasteiger partial charge >= 0.3 is 0 Å². The van der Waals surface area contributed by atoms with Crippen LogP contribution in [0.25, 0.3) is 17.1 Å². The average molecular weight is 460 g/mol. The summed E-state index contributed by atoms with van der Waals surface area (Å²) < 4.78 is 7.24. The first-order valence-electron chi connectivity index (χ1n) is 10.5. The Morgan fingerprint density at radius 2 is 1.76 bits per heavy atom. The summed E-state index contributed by atoms with van der Waals surface area (Å²) in [6.45, 7) is 2.62. The maximum Gasteiger partial charge on any atom is 0.233 e. The van der Waals surface area contributed by atoms with Crippen LogP contribution in [0, 0.1) is 6.92 Å². The first kappa shape index (κ1) is 22.5. The Hall–Kier alpha value is -3.65. The van der Waals surface area contributed by atoms with E-state index in [1.165, 1.54) is 17.3 Å². The van der Waals surface area contributed by atoms with E-state index < -0.39 is 0 Å². The molecule has 2 heterocycles. The molecule has 0 aliphatic carbocycles. The number of hydrogen-bond acceptors (Lipinski definition) is 6. The minimum absolute atomic E-state index is 0.0259.